The van der Waals surface area contributed by atoms with Gasteiger partial charge in [0.15, 0.2) is 5.11 Å². The lowest BCUT2D eigenvalue weighted by Crippen LogP contribution is -2.45. The zero-order valence-corrected chi connectivity index (χ0v) is 8.95. The molecule has 15 heavy (non-hydrogen) atoms. The minimum atomic E-state index is -0.454. The van der Waals surface area contributed by atoms with E-state index in [1.807, 2.05) is 0 Å². The third-order valence-electron chi connectivity index (χ3n) is 1.79. The number of nitrogens with zero attached hydrogens (tertiary/aromatic N) is 1. The van der Waals surface area contributed by atoms with Crippen LogP contribution in [-0.2, 0) is 0 Å². The Balaban J connectivity index is 2.87. The highest BCUT2D eigenvalue weighted by molar-refractivity contribution is 7.80. The number of carbonyl (C=O) groups excluding carboxylic acids is 1. The highest BCUT2D eigenvalue weighted by Crippen LogP contribution is 2.12. The van der Waals surface area contributed by atoms with E-state index < -0.39 is 5.91 Å². The lowest BCUT2D eigenvalue weighted by molar-refractivity contribution is 0.0848. The van der Waals surface area contributed by atoms with Gasteiger partial charge in [-0.1, -0.05) is 0 Å². The minimum absolute atomic E-state index is 0.171. The molecule has 80 valence electrons. The van der Waals surface area contributed by atoms with E-state index in [-0.39, 0.29) is 5.11 Å². The van der Waals surface area contributed by atoms with Gasteiger partial charge in [0.2, 0.25) is 0 Å². The number of thiocarbonyl (C=S) groups is 1. The molecule has 0 radical (unpaired) electrons. The molecule has 1 rings (SSSR count). The zero-order chi connectivity index (χ0) is 11.4. The maximum atomic E-state index is 11.6. The smallest absolute Gasteiger partial charge is 0.274 e. The summed E-state index contributed by atoms with van der Waals surface area (Å²) in [5, 5.41) is 0.549. The summed E-state index contributed by atoms with van der Waals surface area (Å²) in [7, 11) is 1.54. The second kappa shape index (κ2) is 4.72. The minimum Gasteiger partial charge on any atom is -0.497 e. The van der Waals surface area contributed by atoms with Crippen LogP contribution in [0.25, 0.3) is 0 Å². The molecule has 5 nitrogen and oxygen atoms in total. The molecule has 0 aromatic heterocycles. The number of benzene rings is 1. The van der Waals surface area contributed by atoms with E-state index in [0.717, 1.165) is 5.01 Å². The van der Waals surface area contributed by atoms with Crippen LogP contribution < -0.4 is 16.3 Å². The molecule has 0 heterocycles. The van der Waals surface area contributed by atoms with Crippen molar-refractivity contribution >= 4 is 23.2 Å². The molecule has 6 heteroatoms. The summed E-state index contributed by atoms with van der Waals surface area (Å²) in [6.45, 7) is 0. The molecule has 4 N–H and O–H groups in total. The van der Waals surface area contributed by atoms with Crippen molar-refractivity contribution < 1.29 is 9.53 Å². The maximum Gasteiger partial charge on any atom is 0.274 e. The first-order valence-corrected chi connectivity index (χ1v) is 4.49. The molecule has 0 aliphatic carbocycles. The largest absolute Gasteiger partial charge is 0.497 e. The van der Waals surface area contributed by atoms with E-state index in [0.29, 0.717) is 11.3 Å². The van der Waals surface area contributed by atoms with E-state index in [1.165, 1.54) is 0 Å². The van der Waals surface area contributed by atoms with Crippen LogP contribution in [0.4, 0.5) is 0 Å². The van der Waals surface area contributed by atoms with Crippen LogP contribution in [-0.4, -0.2) is 23.1 Å². The highest BCUT2D eigenvalue weighted by atomic mass is 32.1. The number of hydrazine groups is 1. The molecule has 0 aliphatic rings. The molecule has 0 fully saturated rings. The molecule has 1 aromatic carbocycles. The van der Waals surface area contributed by atoms with Gasteiger partial charge in [-0.3, -0.25) is 4.79 Å². The monoisotopic (exact) mass is 225 g/mol. The first-order chi connectivity index (χ1) is 7.06. The van der Waals surface area contributed by atoms with E-state index in [9.17, 15) is 4.79 Å². The van der Waals surface area contributed by atoms with Crippen LogP contribution in [0, 0.1) is 0 Å². The van der Waals surface area contributed by atoms with Gasteiger partial charge in [0.25, 0.3) is 5.91 Å². The Morgan fingerprint density at radius 3 is 2.33 bits per heavy atom. The van der Waals surface area contributed by atoms with Gasteiger partial charge in [0, 0.05) is 5.56 Å². The van der Waals surface area contributed by atoms with Gasteiger partial charge in [-0.05, 0) is 36.5 Å². The quantitative estimate of drug-likeness (QED) is 0.326. The van der Waals surface area contributed by atoms with E-state index in [4.69, 9.17) is 16.3 Å². The molecule has 0 unspecified atom stereocenters. The number of hydrogen-bond donors (Lipinski definition) is 2. The lowest BCUT2D eigenvalue weighted by atomic mass is 10.2. The topological polar surface area (TPSA) is 81.6 Å². The van der Waals surface area contributed by atoms with Crippen LogP contribution >= 0.6 is 12.2 Å². The molecule has 0 saturated heterocycles. The Labute approximate surface area is 92.6 Å². The molecular weight excluding hydrogens is 214 g/mol. The van der Waals surface area contributed by atoms with Crippen LogP contribution in [0.3, 0.4) is 0 Å². The van der Waals surface area contributed by atoms with Crippen molar-refractivity contribution in [3.05, 3.63) is 29.8 Å². The molecule has 0 bridgehead atoms. The molecule has 0 aliphatic heterocycles. The molecular formula is C9H11N3O2S. The molecule has 1 aromatic rings. The number of hydrogen-bond acceptors (Lipinski definition) is 4. The summed E-state index contributed by atoms with van der Waals surface area (Å²) >= 11 is 4.58. The fourth-order valence-electron chi connectivity index (χ4n) is 0.973. The van der Waals surface area contributed by atoms with Gasteiger partial charge in [0.05, 0.1) is 7.11 Å². The normalized spacial score (nSPS) is 9.47. The molecule has 0 saturated carbocycles. The maximum absolute atomic E-state index is 11.6. The van der Waals surface area contributed by atoms with Crippen molar-refractivity contribution in [1.82, 2.24) is 5.01 Å². The van der Waals surface area contributed by atoms with Crippen molar-refractivity contribution in [3.8, 4) is 5.75 Å². The van der Waals surface area contributed by atoms with Gasteiger partial charge in [-0.2, -0.15) is 0 Å². The highest BCUT2D eigenvalue weighted by Gasteiger charge is 2.13. The number of amides is 1. The van der Waals surface area contributed by atoms with Gasteiger partial charge in [-0.15, -0.1) is 0 Å². The van der Waals surface area contributed by atoms with Crippen molar-refractivity contribution in [2.75, 3.05) is 7.11 Å². The van der Waals surface area contributed by atoms with E-state index in [1.54, 1.807) is 31.4 Å². The summed E-state index contributed by atoms with van der Waals surface area (Å²) < 4.78 is 4.95. The lowest BCUT2D eigenvalue weighted by Gasteiger charge is -2.13. The Kier molecular flexibility index (Phi) is 3.59. The van der Waals surface area contributed by atoms with Gasteiger partial charge < -0.3 is 10.5 Å². The summed E-state index contributed by atoms with van der Waals surface area (Å²) in [6.07, 6.45) is 0. The average molecular weight is 225 g/mol. The first-order valence-electron chi connectivity index (χ1n) is 4.09. The molecule has 0 spiro atoms. The van der Waals surface area contributed by atoms with Crippen molar-refractivity contribution in [2.24, 2.45) is 11.6 Å². The summed E-state index contributed by atoms with van der Waals surface area (Å²) in [6, 6.07) is 6.47. The standard InChI is InChI=1S/C9H11N3O2S/c1-14-7-4-2-6(3-5-7)8(13)12(11)9(10)15/h2-5H,11H2,1H3,(H2,10,15). The summed E-state index contributed by atoms with van der Waals surface area (Å²) in [5.74, 6) is 5.55. The van der Waals surface area contributed by atoms with E-state index >= 15 is 0 Å². The Morgan fingerprint density at radius 1 is 1.40 bits per heavy atom. The third-order valence-corrected chi connectivity index (χ3v) is 1.99. The predicted molar refractivity (Wildman–Crippen MR) is 60.1 cm³/mol. The Morgan fingerprint density at radius 2 is 1.93 bits per heavy atom. The Hall–Kier alpha value is -1.66. The number of nitrogens with two attached hydrogens (primary N) is 2. The summed E-state index contributed by atoms with van der Waals surface area (Å²) in [4.78, 5) is 11.6. The fourth-order valence-corrected chi connectivity index (χ4v) is 1.06. The van der Waals surface area contributed by atoms with Crippen molar-refractivity contribution in [2.45, 2.75) is 0 Å². The fraction of sp³-hybridized carbons (Fsp3) is 0.111. The van der Waals surface area contributed by atoms with Crippen LogP contribution in [0.1, 0.15) is 10.4 Å². The average Bonchev–Trinajstić information content (AvgIpc) is 2.27. The number of ether oxygens (including phenoxy) is 1. The number of rotatable bonds is 2. The first kappa shape index (κ1) is 11.4. The van der Waals surface area contributed by atoms with Crippen LogP contribution in [0.5, 0.6) is 5.75 Å². The second-order valence-electron chi connectivity index (χ2n) is 2.74. The van der Waals surface area contributed by atoms with Crippen LogP contribution in [0.15, 0.2) is 24.3 Å². The Bertz CT molecular complexity index is 377. The van der Waals surface area contributed by atoms with Gasteiger partial charge >= 0.3 is 0 Å². The number of methoxy groups -OCH3 is 1. The molecule has 0 atom stereocenters. The second-order valence-corrected chi connectivity index (χ2v) is 3.16. The van der Waals surface area contributed by atoms with Crippen molar-refractivity contribution in [3.63, 3.8) is 0 Å². The van der Waals surface area contributed by atoms with E-state index in [2.05, 4.69) is 12.2 Å². The van der Waals surface area contributed by atoms with Gasteiger partial charge in [0.1, 0.15) is 5.75 Å². The zero-order valence-electron chi connectivity index (χ0n) is 8.14. The van der Waals surface area contributed by atoms with Crippen molar-refractivity contribution in [1.29, 1.82) is 0 Å². The SMILES string of the molecule is COc1ccc(C(=O)N(N)C(N)=S)cc1. The van der Waals surface area contributed by atoms with Crippen LogP contribution in [0.2, 0.25) is 0 Å². The third kappa shape index (κ3) is 2.64. The molecule has 1 amide bonds. The predicted octanol–water partition coefficient (Wildman–Crippen LogP) is 0.255. The summed E-state index contributed by atoms with van der Waals surface area (Å²) in [5.41, 5.74) is 5.61. The van der Waals surface area contributed by atoms with Gasteiger partial charge in [-0.25, -0.2) is 10.9 Å². The number of carbonyl (C=O) groups is 1.